The van der Waals surface area contributed by atoms with Gasteiger partial charge < -0.3 is 15.2 Å². The van der Waals surface area contributed by atoms with Gasteiger partial charge in [-0.3, -0.25) is 4.21 Å². The second kappa shape index (κ2) is 7.81. The summed E-state index contributed by atoms with van der Waals surface area (Å²) in [7, 11) is -1.31. The molecule has 4 nitrogen and oxygen atoms in total. The molecule has 0 aliphatic heterocycles. The Morgan fingerprint density at radius 2 is 1.90 bits per heavy atom. The fourth-order valence-electron chi connectivity index (χ4n) is 1.84. The molecule has 2 N–H and O–H groups in total. The molecule has 0 radical (unpaired) electrons. The molecular weight excluding hydrogens is 286 g/mol. The van der Waals surface area contributed by atoms with E-state index < -0.39 is 10.8 Å². The van der Waals surface area contributed by atoms with Gasteiger partial charge in [-0.05, 0) is 30.7 Å². The molecule has 2 rings (SSSR count). The Morgan fingerprint density at radius 3 is 2.62 bits per heavy atom. The third-order valence-corrected chi connectivity index (χ3v) is 4.07. The van der Waals surface area contributed by atoms with Gasteiger partial charge >= 0.3 is 0 Å². The first-order chi connectivity index (χ1) is 10.2. The molecule has 0 spiro atoms. The lowest BCUT2D eigenvalue weighted by Gasteiger charge is -2.09. The minimum atomic E-state index is -1.31. The minimum Gasteiger partial charge on any atom is -0.494 e. The number of anilines is 1. The normalized spacial score (nSPS) is 12.0. The van der Waals surface area contributed by atoms with Gasteiger partial charge in [-0.1, -0.05) is 30.3 Å². The topological polar surface area (TPSA) is 61.5 Å². The van der Waals surface area contributed by atoms with Gasteiger partial charge in [0, 0.05) is 5.69 Å². The van der Waals surface area contributed by atoms with E-state index in [1.807, 2.05) is 37.3 Å². The van der Waals surface area contributed by atoms with Crippen molar-refractivity contribution < 1.29 is 13.7 Å². The van der Waals surface area contributed by atoms with Crippen LogP contribution >= 0.6 is 0 Å². The first-order valence-electron chi connectivity index (χ1n) is 6.73. The molecule has 1 atom stereocenters. The summed E-state index contributed by atoms with van der Waals surface area (Å²) in [5.41, 5.74) is 7.40. The second-order valence-electron chi connectivity index (χ2n) is 4.43. The number of rotatable bonds is 7. The van der Waals surface area contributed by atoms with Crippen molar-refractivity contribution in [3.8, 4) is 5.75 Å². The molecule has 0 amide bonds. The standard InChI is InChI=1S/C16H19NO3S/c1-2-20-14-8-9-15(17)16(10-14)21(18)12-19-11-13-6-4-3-5-7-13/h3-10H,2,11-12,17H2,1H3. The van der Waals surface area contributed by atoms with Gasteiger partial charge in [0.05, 0.1) is 28.9 Å². The van der Waals surface area contributed by atoms with E-state index in [0.29, 0.717) is 29.5 Å². The van der Waals surface area contributed by atoms with E-state index in [1.54, 1.807) is 18.2 Å². The summed E-state index contributed by atoms with van der Waals surface area (Å²) < 4.78 is 23.2. The predicted octanol–water partition coefficient (Wildman–Crippen LogP) is 2.95. The Hall–Kier alpha value is -1.85. The van der Waals surface area contributed by atoms with Crippen molar-refractivity contribution in [3.05, 3.63) is 54.1 Å². The third kappa shape index (κ3) is 4.58. The Labute approximate surface area is 127 Å². The van der Waals surface area contributed by atoms with Gasteiger partial charge in [0.2, 0.25) is 0 Å². The maximum atomic E-state index is 12.3. The molecule has 5 heteroatoms. The number of benzene rings is 2. The van der Waals surface area contributed by atoms with Crippen LogP contribution in [0.4, 0.5) is 5.69 Å². The van der Waals surface area contributed by atoms with Gasteiger partial charge in [-0.15, -0.1) is 0 Å². The average Bonchev–Trinajstić information content (AvgIpc) is 2.50. The zero-order chi connectivity index (χ0) is 15.1. The highest BCUT2D eigenvalue weighted by Crippen LogP contribution is 2.23. The smallest absolute Gasteiger partial charge is 0.127 e. The highest BCUT2D eigenvalue weighted by Gasteiger charge is 2.10. The molecule has 0 saturated heterocycles. The Balaban J connectivity index is 1.95. The first-order valence-corrected chi connectivity index (χ1v) is 8.05. The lowest BCUT2D eigenvalue weighted by molar-refractivity contribution is 0.166. The first kappa shape index (κ1) is 15.5. The van der Waals surface area contributed by atoms with Crippen LogP contribution in [0.2, 0.25) is 0 Å². The number of nitrogens with two attached hydrogens (primary N) is 1. The summed E-state index contributed by atoms with van der Waals surface area (Å²) in [6.45, 7) is 2.88. The lowest BCUT2D eigenvalue weighted by Crippen LogP contribution is -2.06. The molecular formula is C16H19NO3S. The maximum absolute atomic E-state index is 12.3. The van der Waals surface area contributed by atoms with Gasteiger partial charge in [-0.25, -0.2) is 0 Å². The van der Waals surface area contributed by atoms with Crippen LogP contribution in [0.1, 0.15) is 12.5 Å². The lowest BCUT2D eigenvalue weighted by atomic mass is 10.2. The van der Waals surface area contributed by atoms with Crippen molar-refractivity contribution in [1.82, 2.24) is 0 Å². The van der Waals surface area contributed by atoms with Crippen LogP contribution in [-0.4, -0.2) is 16.8 Å². The van der Waals surface area contributed by atoms with Gasteiger partial charge in [0.15, 0.2) is 0 Å². The van der Waals surface area contributed by atoms with Crippen LogP contribution in [0.15, 0.2) is 53.4 Å². The van der Waals surface area contributed by atoms with Crippen LogP contribution in [0.3, 0.4) is 0 Å². The summed E-state index contributed by atoms with van der Waals surface area (Å²) >= 11 is 0. The molecule has 0 aromatic heterocycles. The van der Waals surface area contributed by atoms with Crippen molar-refractivity contribution in [3.63, 3.8) is 0 Å². The van der Waals surface area contributed by atoms with Crippen LogP contribution in [0.5, 0.6) is 5.75 Å². The van der Waals surface area contributed by atoms with E-state index in [4.69, 9.17) is 15.2 Å². The Bertz CT molecular complexity index is 602. The zero-order valence-corrected chi connectivity index (χ0v) is 12.8. The van der Waals surface area contributed by atoms with E-state index >= 15 is 0 Å². The summed E-state index contributed by atoms with van der Waals surface area (Å²) in [6.07, 6.45) is 0. The van der Waals surface area contributed by atoms with Crippen molar-refractivity contribution in [2.24, 2.45) is 0 Å². The number of nitrogen functional groups attached to an aromatic ring is 1. The molecule has 1 unspecified atom stereocenters. The molecule has 0 aliphatic rings. The quantitative estimate of drug-likeness (QED) is 0.799. The highest BCUT2D eigenvalue weighted by molar-refractivity contribution is 7.85. The molecule has 112 valence electrons. The molecule has 0 saturated carbocycles. The van der Waals surface area contributed by atoms with Crippen LogP contribution < -0.4 is 10.5 Å². The van der Waals surface area contributed by atoms with Crippen LogP contribution in [-0.2, 0) is 22.1 Å². The van der Waals surface area contributed by atoms with Crippen LogP contribution in [0.25, 0.3) is 0 Å². The highest BCUT2D eigenvalue weighted by atomic mass is 32.2. The number of ether oxygens (including phenoxy) is 2. The maximum Gasteiger partial charge on any atom is 0.127 e. The van der Waals surface area contributed by atoms with E-state index in [-0.39, 0.29) is 5.94 Å². The summed E-state index contributed by atoms with van der Waals surface area (Å²) in [6, 6.07) is 14.9. The molecule has 0 fully saturated rings. The minimum absolute atomic E-state index is 0.106. The van der Waals surface area contributed by atoms with Crippen molar-refractivity contribution in [2.45, 2.75) is 18.4 Å². The van der Waals surface area contributed by atoms with Gasteiger partial charge in [0.25, 0.3) is 0 Å². The average molecular weight is 305 g/mol. The Kier molecular flexibility index (Phi) is 5.78. The fourth-order valence-corrected chi connectivity index (χ4v) is 2.78. The predicted molar refractivity (Wildman–Crippen MR) is 84.5 cm³/mol. The number of hydrogen-bond donors (Lipinski definition) is 1. The molecule has 2 aromatic carbocycles. The molecule has 0 aliphatic carbocycles. The van der Waals surface area contributed by atoms with Crippen LogP contribution in [0, 0.1) is 0 Å². The summed E-state index contributed by atoms with van der Waals surface area (Å²) in [4.78, 5) is 0.550. The van der Waals surface area contributed by atoms with E-state index in [0.717, 1.165) is 5.56 Å². The fraction of sp³-hybridized carbons (Fsp3) is 0.250. The van der Waals surface area contributed by atoms with E-state index in [2.05, 4.69) is 0 Å². The zero-order valence-electron chi connectivity index (χ0n) is 12.0. The summed E-state index contributed by atoms with van der Waals surface area (Å²) in [5.74, 6) is 0.771. The molecule has 0 bridgehead atoms. The van der Waals surface area contributed by atoms with Gasteiger partial charge in [0.1, 0.15) is 11.7 Å². The molecule has 21 heavy (non-hydrogen) atoms. The monoisotopic (exact) mass is 305 g/mol. The second-order valence-corrected chi connectivity index (χ2v) is 5.80. The molecule has 2 aromatic rings. The van der Waals surface area contributed by atoms with E-state index in [9.17, 15) is 4.21 Å². The van der Waals surface area contributed by atoms with Gasteiger partial charge in [-0.2, -0.15) is 0 Å². The largest absolute Gasteiger partial charge is 0.494 e. The van der Waals surface area contributed by atoms with Crippen molar-refractivity contribution in [1.29, 1.82) is 0 Å². The molecule has 0 heterocycles. The van der Waals surface area contributed by atoms with Crippen molar-refractivity contribution in [2.75, 3.05) is 18.3 Å². The Morgan fingerprint density at radius 1 is 1.14 bits per heavy atom. The van der Waals surface area contributed by atoms with Crippen molar-refractivity contribution >= 4 is 16.5 Å². The summed E-state index contributed by atoms with van der Waals surface area (Å²) in [5, 5.41) is 0. The third-order valence-electron chi connectivity index (χ3n) is 2.84. The van der Waals surface area contributed by atoms with E-state index in [1.165, 1.54) is 0 Å². The number of hydrogen-bond acceptors (Lipinski definition) is 4. The SMILES string of the molecule is CCOc1ccc(N)c(S(=O)COCc2ccccc2)c1.